The zero-order chi connectivity index (χ0) is 33.0. The standard InChI is InChI=1S/C50H32/c1-2-16-43-33(10-1)11-9-21-44(43)42-25-24-39-30-38(22-23-40(39)31-42)36-14-7-12-34(28-36)35-13-8-15-37(29-35)41-26-27-49-47-19-4-3-17-45(47)46-18-5-6-20-48(46)50(49)32-41/h1-32H. The summed E-state index contributed by atoms with van der Waals surface area (Å²) in [6.45, 7) is 0. The van der Waals surface area contributed by atoms with Crippen LogP contribution in [0, 0.1) is 0 Å². The molecule has 0 radical (unpaired) electrons. The smallest absolute Gasteiger partial charge is 0.00928 e. The summed E-state index contributed by atoms with van der Waals surface area (Å²) in [5, 5.41) is 12.9. The molecule has 0 spiro atoms. The van der Waals surface area contributed by atoms with Gasteiger partial charge in [0.25, 0.3) is 0 Å². The first-order chi connectivity index (χ1) is 24.8. The van der Waals surface area contributed by atoms with Gasteiger partial charge >= 0.3 is 0 Å². The van der Waals surface area contributed by atoms with Crippen molar-refractivity contribution in [1.82, 2.24) is 0 Å². The van der Waals surface area contributed by atoms with Crippen LogP contribution < -0.4 is 0 Å². The maximum atomic E-state index is 2.38. The van der Waals surface area contributed by atoms with Crippen molar-refractivity contribution in [2.75, 3.05) is 0 Å². The van der Waals surface area contributed by atoms with E-state index in [2.05, 4.69) is 194 Å². The van der Waals surface area contributed by atoms with Gasteiger partial charge in [0.2, 0.25) is 0 Å². The second-order valence-corrected chi connectivity index (χ2v) is 13.3. The van der Waals surface area contributed by atoms with Crippen LogP contribution in [-0.2, 0) is 0 Å². The normalized spacial score (nSPS) is 11.6. The SMILES string of the molecule is c1cc(-c2cccc(-c3ccc4c5ccccc5c5ccccc5c4c3)c2)cc(-c2ccc3cc(-c4cccc5ccccc45)ccc3c2)c1. The predicted octanol–water partition coefficient (Wildman–Crippen LogP) is 14.1. The first kappa shape index (κ1) is 28.5. The van der Waals surface area contributed by atoms with Crippen LogP contribution in [0.1, 0.15) is 0 Å². The summed E-state index contributed by atoms with van der Waals surface area (Å²) in [5.41, 5.74) is 9.85. The Morgan fingerprint density at radius 1 is 0.180 bits per heavy atom. The van der Waals surface area contributed by atoms with E-state index in [1.54, 1.807) is 0 Å². The van der Waals surface area contributed by atoms with E-state index in [1.807, 2.05) is 0 Å². The summed E-state index contributed by atoms with van der Waals surface area (Å²) in [6, 6.07) is 71.3. The highest BCUT2D eigenvalue weighted by molar-refractivity contribution is 6.25. The van der Waals surface area contributed by atoms with E-state index in [0.29, 0.717) is 0 Å². The molecule has 0 aromatic heterocycles. The molecule has 0 amide bonds. The van der Waals surface area contributed by atoms with Crippen LogP contribution in [0.2, 0.25) is 0 Å². The Labute approximate surface area is 291 Å². The van der Waals surface area contributed by atoms with Crippen LogP contribution in [0.15, 0.2) is 194 Å². The molecule has 0 heteroatoms. The lowest BCUT2D eigenvalue weighted by Crippen LogP contribution is -1.86. The Bertz CT molecular complexity index is 2890. The van der Waals surface area contributed by atoms with Crippen LogP contribution in [0.4, 0.5) is 0 Å². The zero-order valence-electron chi connectivity index (χ0n) is 27.5. The van der Waals surface area contributed by atoms with Crippen LogP contribution in [-0.4, -0.2) is 0 Å². The van der Waals surface area contributed by atoms with Crippen molar-refractivity contribution in [3.8, 4) is 44.5 Å². The molecule has 0 nitrogen and oxygen atoms in total. The summed E-state index contributed by atoms with van der Waals surface area (Å²) in [4.78, 5) is 0. The monoisotopic (exact) mass is 632 g/mol. The van der Waals surface area contributed by atoms with Crippen molar-refractivity contribution in [3.63, 3.8) is 0 Å². The Kier molecular flexibility index (Phi) is 6.60. The number of hydrogen-bond donors (Lipinski definition) is 0. The van der Waals surface area contributed by atoms with Gasteiger partial charge in [-0.25, -0.2) is 0 Å². The van der Waals surface area contributed by atoms with Crippen molar-refractivity contribution < 1.29 is 0 Å². The number of rotatable bonds is 4. The van der Waals surface area contributed by atoms with E-state index in [1.165, 1.54) is 98.4 Å². The maximum absolute atomic E-state index is 2.38. The second-order valence-electron chi connectivity index (χ2n) is 13.3. The quantitative estimate of drug-likeness (QED) is 0.169. The predicted molar refractivity (Wildman–Crippen MR) is 216 cm³/mol. The van der Waals surface area contributed by atoms with E-state index < -0.39 is 0 Å². The van der Waals surface area contributed by atoms with E-state index >= 15 is 0 Å². The van der Waals surface area contributed by atoms with Crippen LogP contribution in [0.25, 0.3) is 98.4 Å². The summed E-state index contributed by atoms with van der Waals surface area (Å²) in [7, 11) is 0. The average Bonchev–Trinajstić information content (AvgIpc) is 3.20. The first-order valence-electron chi connectivity index (χ1n) is 17.3. The molecule has 50 heavy (non-hydrogen) atoms. The molecule has 0 bridgehead atoms. The fraction of sp³-hybridized carbons (Fsp3) is 0. The fourth-order valence-corrected chi connectivity index (χ4v) is 7.91. The molecule has 0 aliphatic rings. The molecule has 0 unspecified atom stereocenters. The van der Waals surface area contributed by atoms with Crippen LogP contribution >= 0.6 is 0 Å². The third-order valence-corrected chi connectivity index (χ3v) is 10.4. The molecule has 0 saturated carbocycles. The van der Waals surface area contributed by atoms with E-state index in [-0.39, 0.29) is 0 Å². The van der Waals surface area contributed by atoms with E-state index in [0.717, 1.165) is 0 Å². The maximum Gasteiger partial charge on any atom is -0.00928 e. The largest absolute Gasteiger partial charge is 0.0616 e. The Balaban J connectivity index is 1.00. The minimum Gasteiger partial charge on any atom is -0.0616 e. The molecule has 0 saturated heterocycles. The Hall–Kier alpha value is -6.50. The molecule has 10 rings (SSSR count). The number of hydrogen-bond acceptors (Lipinski definition) is 0. The molecule has 0 fully saturated rings. The molecular weight excluding hydrogens is 601 g/mol. The van der Waals surface area contributed by atoms with Gasteiger partial charge < -0.3 is 0 Å². The molecule has 10 aromatic carbocycles. The topological polar surface area (TPSA) is 0 Å². The summed E-state index contributed by atoms with van der Waals surface area (Å²) in [5.74, 6) is 0. The molecule has 0 heterocycles. The first-order valence-corrected chi connectivity index (χ1v) is 17.3. The Morgan fingerprint density at radius 3 is 1.20 bits per heavy atom. The lowest BCUT2D eigenvalue weighted by molar-refractivity contribution is 1.59. The number of benzene rings is 10. The highest BCUT2D eigenvalue weighted by atomic mass is 14.1. The van der Waals surface area contributed by atoms with Gasteiger partial charge in [-0.05, 0) is 129 Å². The van der Waals surface area contributed by atoms with Crippen LogP contribution in [0.3, 0.4) is 0 Å². The zero-order valence-corrected chi connectivity index (χ0v) is 27.5. The van der Waals surface area contributed by atoms with Crippen LogP contribution in [0.5, 0.6) is 0 Å². The second kappa shape index (κ2) is 11.6. The highest BCUT2D eigenvalue weighted by Gasteiger charge is 2.11. The fourth-order valence-electron chi connectivity index (χ4n) is 7.91. The summed E-state index contributed by atoms with van der Waals surface area (Å²) < 4.78 is 0. The van der Waals surface area contributed by atoms with Gasteiger partial charge in [0.05, 0.1) is 0 Å². The minimum absolute atomic E-state index is 1.22. The molecular formula is C50H32. The van der Waals surface area contributed by atoms with Crippen molar-refractivity contribution in [2.45, 2.75) is 0 Å². The van der Waals surface area contributed by atoms with Gasteiger partial charge in [-0.1, -0.05) is 164 Å². The molecule has 0 N–H and O–H groups in total. The van der Waals surface area contributed by atoms with Gasteiger partial charge in [0, 0.05) is 0 Å². The van der Waals surface area contributed by atoms with E-state index in [9.17, 15) is 0 Å². The summed E-state index contributed by atoms with van der Waals surface area (Å²) >= 11 is 0. The molecule has 10 aromatic rings. The van der Waals surface area contributed by atoms with Gasteiger partial charge in [-0.3, -0.25) is 0 Å². The minimum atomic E-state index is 1.22. The lowest BCUT2D eigenvalue weighted by atomic mass is 9.91. The van der Waals surface area contributed by atoms with Crippen molar-refractivity contribution >= 4 is 53.9 Å². The van der Waals surface area contributed by atoms with Gasteiger partial charge in [0.1, 0.15) is 0 Å². The third kappa shape index (κ3) is 4.77. The van der Waals surface area contributed by atoms with Gasteiger partial charge in [0.15, 0.2) is 0 Å². The molecule has 232 valence electrons. The lowest BCUT2D eigenvalue weighted by Gasteiger charge is -2.13. The highest BCUT2D eigenvalue weighted by Crippen LogP contribution is 2.38. The third-order valence-electron chi connectivity index (χ3n) is 10.4. The van der Waals surface area contributed by atoms with Gasteiger partial charge in [-0.2, -0.15) is 0 Å². The molecule has 0 atom stereocenters. The number of fused-ring (bicyclic) bond motifs is 8. The van der Waals surface area contributed by atoms with Crippen molar-refractivity contribution in [3.05, 3.63) is 194 Å². The van der Waals surface area contributed by atoms with Crippen molar-refractivity contribution in [1.29, 1.82) is 0 Å². The molecule has 0 aliphatic heterocycles. The summed E-state index contributed by atoms with van der Waals surface area (Å²) in [6.07, 6.45) is 0. The average molecular weight is 633 g/mol. The van der Waals surface area contributed by atoms with Gasteiger partial charge in [-0.15, -0.1) is 0 Å². The van der Waals surface area contributed by atoms with Crippen molar-refractivity contribution in [2.24, 2.45) is 0 Å². The molecule has 0 aliphatic carbocycles. The van der Waals surface area contributed by atoms with E-state index in [4.69, 9.17) is 0 Å². The Morgan fingerprint density at radius 2 is 0.580 bits per heavy atom.